The Morgan fingerprint density at radius 1 is 1.10 bits per heavy atom. The fraction of sp³-hybridized carbons (Fsp3) is 0.250. The van der Waals surface area contributed by atoms with Gasteiger partial charge in [-0.3, -0.25) is 9.78 Å². The van der Waals surface area contributed by atoms with Crippen molar-refractivity contribution in [1.82, 2.24) is 15.3 Å². The predicted octanol–water partition coefficient (Wildman–Crippen LogP) is 4.41. The molecule has 0 unspecified atom stereocenters. The molecule has 0 saturated heterocycles. The molecular weight excluding hydrogens is 362 g/mol. The van der Waals surface area contributed by atoms with Gasteiger partial charge in [0.2, 0.25) is 0 Å². The highest BCUT2D eigenvalue weighted by Gasteiger charge is 2.49. The molecule has 0 radical (unpaired) electrons. The summed E-state index contributed by atoms with van der Waals surface area (Å²) in [6, 6.07) is 12.2. The van der Waals surface area contributed by atoms with E-state index in [1.165, 1.54) is 5.56 Å². The molecule has 1 saturated carbocycles. The fourth-order valence-corrected chi connectivity index (χ4v) is 5.04. The number of fused-ring (bicyclic) bond motifs is 6. The molecule has 4 heterocycles. The highest BCUT2D eigenvalue weighted by molar-refractivity contribution is 6.01. The van der Waals surface area contributed by atoms with E-state index < -0.39 is 0 Å². The standard InChI is InChI=1S/C24H19N3O2/c28-23-21-15-6-5-14-12-25-17(20-9-13-3-1-2-4-19(13)29-20)10-16(14)22(15)26-18(21)11-24(27-23)7-8-24/h1-4,9-10,12,26H,5-8,11H2,(H,27,28). The van der Waals surface area contributed by atoms with Crippen LogP contribution in [0, 0.1) is 0 Å². The number of nitrogens with zero attached hydrogens (tertiary/aromatic N) is 1. The lowest BCUT2D eigenvalue weighted by molar-refractivity contribution is 0.0917. The zero-order chi connectivity index (χ0) is 19.2. The molecule has 2 N–H and O–H groups in total. The Labute approximate surface area is 167 Å². The number of benzene rings is 1. The summed E-state index contributed by atoms with van der Waals surface area (Å²) >= 11 is 0. The molecule has 1 fully saturated rings. The van der Waals surface area contributed by atoms with Crippen molar-refractivity contribution < 1.29 is 9.21 Å². The van der Waals surface area contributed by atoms with Crippen LogP contribution in [0.5, 0.6) is 0 Å². The van der Waals surface area contributed by atoms with Gasteiger partial charge >= 0.3 is 0 Å². The van der Waals surface area contributed by atoms with Gasteiger partial charge in [0, 0.05) is 34.8 Å². The summed E-state index contributed by atoms with van der Waals surface area (Å²) in [6.45, 7) is 0. The molecule has 0 atom stereocenters. The first-order chi connectivity index (χ1) is 14.2. The second kappa shape index (κ2) is 5.17. The van der Waals surface area contributed by atoms with Crippen molar-refractivity contribution in [1.29, 1.82) is 0 Å². The van der Waals surface area contributed by atoms with Gasteiger partial charge in [0.1, 0.15) is 11.3 Å². The SMILES string of the molecule is O=C1NC2(CC2)Cc2[nH]c3c(c21)CCc1cnc(-c2cc4ccccc4o2)cc1-3. The Hall–Kier alpha value is -3.34. The minimum Gasteiger partial charge on any atom is -0.454 e. The number of hydrogen-bond acceptors (Lipinski definition) is 3. The first-order valence-electron chi connectivity index (χ1n) is 10.2. The summed E-state index contributed by atoms with van der Waals surface area (Å²) in [7, 11) is 0. The van der Waals surface area contributed by atoms with E-state index >= 15 is 0 Å². The number of aromatic amines is 1. The third-order valence-electron chi connectivity index (χ3n) is 6.73. The molecular formula is C24H19N3O2. The van der Waals surface area contributed by atoms with Gasteiger partial charge in [-0.25, -0.2) is 0 Å². The van der Waals surface area contributed by atoms with Gasteiger partial charge in [-0.1, -0.05) is 18.2 Å². The van der Waals surface area contributed by atoms with Gasteiger partial charge in [0.25, 0.3) is 5.91 Å². The highest BCUT2D eigenvalue weighted by atomic mass is 16.3. The predicted molar refractivity (Wildman–Crippen MR) is 110 cm³/mol. The number of aryl methyl sites for hydroxylation is 1. The first-order valence-corrected chi connectivity index (χ1v) is 10.2. The average molecular weight is 381 g/mol. The van der Waals surface area contributed by atoms with Crippen LogP contribution in [0.15, 0.2) is 47.0 Å². The normalized spacial score (nSPS) is 18.3. The van der Waals surface area contributed by atoms with Crippen molar-refractivity contribution in [3.05, 3.63) is 65.0 Å². The molecule has 7 rings (SSSR count). The molecule has 5 nitrogen and oxygen atoms in total. The molecule has 1 spiro atoms. The number of carbonyl (C=O) groups is 1. The Kier molecular flexibility index (Phi) is 2.78. The Balaban J connectivity index is 1.38. The number of aromatic nitrogens is 2. The van der Waals surface area contributed by atoms with E-state index in [1.807, 2.05) is 36.5 Å². The Bertz CT molecular complexity index is 1310. The molecule has 3 aliphatic rings. The molecule has 1 aliphatic heterocycles. The molecule has 5 heteroatoms. The minimum absolute atomic E-state index is 0.0119. The number of amides is 1. The summed E-state index contributed by atoms with van der Waals surface area (Å²) < 4.78 is 6.03. The van der Waals surface area contributed by atoms with Crippen LogP contribution in [0.2, 0.25) is 0 Å². The fourth-order valence-electron chi connectivity index (χ4n) is 5.04. The van der Waals surface area contributed by atoms with Crippen LogP contribution in [-0.2, 0) is 19.3 Å². The first kappa shape index (κ1) is 15.6. The van der Waals surface area contributed by atoms with E-state index in [0.717, 1.165) is 82.6 Å². The molecule has 1 aromatic carbocycles. The average Bonchev–Trinajstić information content (AvgIpc) is 3.16. The number of furan rings is 1. The van der Waals surface area contributed by atoms with E-state index in [0.29, 0.717) is 0 Å². The molecule has 29 heavy (non-hydrogen) atoms. The number of hydrogen-bond donors (Lipinski definition) is 2. The van der Waals surface area contributed by atoms with Crippen LogP contribution in [0.3, 0.4) is 0 Å². The van der Waals surface area contributed by atoms with E-state index in [4.69, 9.17) is 4.42 Å². The number of para-hydroxylation sites is 1. The summed E-state index contributed by atoms with van der Waals surface area (Å²) in [6.07, 6.45) is 6.82. The largest absolute Gasteiger partial charge is 0.454 e. The van der Waals surface area contributed by atoms with Crippen molar-refractivity contribution in [2.45, 2.75) is 37.6 Å². The second-order valence-electron chi connectivity index (χ2n) is 8.62. The second-order valence-corrected chi connectivity index (χ2v) is 8.62. The minimum atomic E-state index is 0.0119. The molecule has 3 aromatic heterocycles. The highest BCUT2D eigenvalue weighted by Crippen LogP contribution is 2.45. The summed E-state index contributed by atoms with van der Waals surface area (Å²) in [4.78, 5) is 21.1. The van der Waals surface area contributed by atoms with Gasteiger partial charge in [-0.2, -0.15) is 0 Å². The number of pyridine rings is 1. The topological polar surface area (TPSA) is 70.9 Å². The molecule has 142 valence electrons. The zero-order valence-electron chi connectivity index (χ0n) is 15.8. The van der Waals surface area contributed by atoms with E-state index in [2.05, 4.69) is 21.4 Å². The maximum atomic E-state index is 12.8. The van der Waals surface area contributed by atoms with Crippen LogP contribution in [0.1, 0.15) is 40.0 Å². The van der Waals surface area contributed by atoms with Crippen molar-refractivity contribution in [2.24, 2.45) is 0 Å². The van der Waals surface area contributed by atoms with E-state index in [9.17, 15) is 4.79 Å². The van der Waals surface area contributed by atoms with Crippen LogP contribution < -0.4 is 5.32 Å². The number of H-pyrrole nitrogens is 1. The third-order valence-corrected chi connectivity index (χ3v) is 6.73. The third kappa shape index (κ3) is 2.15. The maximum Gasteiger partial charge on any atom is 0.253 e. The van der Waals surface area contributed by atoms with Crippen LogP contribution >= 0.6 is 0 Å². The van der Waals surface area contributed by atoms with Gasteiger partial charge in [-0.15, -0.1) is 0 Å². The molecule has 0 bridgehead atoms. The summed E-state index contributed by atoms with van der Waals surface area (Å²) in [5.41, 5.74) is 8.29. The van der Waals surface area contributed by atoms with Gasteiger partial charge in [0.05, 0.1) is 11.3 Å². The van der Waals surface area contributed by atoms with Crippen LogP contribution in [-0.4, -0.2) is 21.4 Å². The smallest absolute Gasteiger partial charge is 0.253 e. The number of nitrogens with one attached hydrogen (secondary N) is 2. The quantitative estimate of drug-likeness (QED) is 0.513. The maximum absolute atomic E-state index is 12.8. The van der Waals surface area contributed by atoms with Crippen molar-refractivity contribution in [3.63, 3.8) is 0 Å². The van der Waals surface area contributed by atoms with Crippen LogP contribution in [0.25, 0.3) is 33.7 Å². The van der Waals surface area contributed by atoms with E-state index in [-0.39, 0.29) is 11.4 Å². The van der Waals surface area contributed by atoms with Crippen molar-refractivity contribution in [2.75, 3.05) is 0 Å². The van der Waals surface area contributed by atoms with Gasteiger partial charge < -0.3 is 14.7 Å². The van der Waals surface area contributed by atoms with Gasteiger partial charge in [-0.05, 0) is 55.0 Å². The van der Waals surface area contributed by atoms with Crippen molar-refractivity contribution >= 4 is 16.9 Å². The number of rotatable bonds is 1. The van der Waals surface area contributed by atoms with E-state index in [1.54, 1.807) is 0 Å². The molecule has 2 aliphatic carbocycles. The number of carbonyl (C=O) groups excluding carboxylic acids is 1. The Morgan fingerprint density at radius 3 is 2.86 bits per heavy atom. The van der Waals surface area contributed by atoms with Crippen LogP contribution in [0.4, 0.5) is 0 Å². The monoisotopic (exact) mass is 381 g/mol. The van der Waals surface area contributed by atoms with Gasteiger partial charge in [0.15, 0.2) is 5.76 Å². The lowest BCUT2D eigenvalue weighted by Crippen LogP contribution is -2.43. The lowest BCUT2D eigenvalue weighted by Gasteiger charge is -2.24. The summed E-state index contributed by atoms with van der Waals surface area (Å²) in [5.74, 6) is 0.864. The summed E-state index contributed by atoms with van der Waals surface area (Å²) in [5, 5.41) is 4.32. The lowest BCUT2D eigenvalue weighted by atomic mass is 9.87. The Morgan fingerprint density at radius 2 is 2.00 bits per heavy atom. The zero-order valence-corrected chi connectivity index (χ0v) is 15.8. The van der Waals surface area contributed by atoms with Crippen molar-refractivity contribution in [3.8, 4) is 22.7 Å². The molecule has 1 amide bonds. The molecule has 4 aromatic rings.